The van der Waals surface area contributed by atoms with Crippen molar-refractivity contribution in [1.29, 1.82) is 0 Å². The van der Waals surface area contributed by atoms with Crippen LogP contribution in [0.1, 0.15) is 33.8 Å². The second kappa shape index (κ2) is 6.24. The highest BCUT2D eigenvalue weighted by atomic mass is 16.5. The van der Waals surface area contributed by atoms with Crippen molar-refractivity contribution in [1.82, 2.24) is 15.4 Å². The van der Waals surface area contributed by atoms with Gasteiger partial charge in [-0.1, -0.05) is 35.0 Å². The molecule has 1 aliphatic heterocycles. The van der Waals surface area contributed by atoms with Gasteiger partial charge < -0.3 is 14.7 Å². The molecule has 2 amide bonds. The second-order valence-corrected chi connectivity index (χ2v) is 5.89. The molecule has 1 atom stereocenters. The summed E-state index contributed by atoms with van der Waals surface area (Å²) in [6.07, 6.45) is 0.601. The van der Waals surface area contributed by atoms with Gasteiger partial charge in [0.2, 0.25) is 11.7 Å². The van der Waals surface area contributed by atoms with Crippen LogP contribution in [-0.2, 0) is 11.3 Å². The summed E-state index contributed by atoms with van der Waals surface area (Å²) in [6.45, 7) is 4.96. The lowest BCUT2D eigenvalue weighted by molar-refractivity contribution is -0.129. The molecular weight excluding hydrogens is 294 g/mol. The van der Waals surface area contributed by atoms with E-state index >= 15 is 0 Å². The van der Waals surface area contributed by atoms with Gasteiger partial charge in [-0.25, -0.2) is 0 Å². The number of aryl methyl sites for hydroxylation is 2. The van der Waals surface area contributed by atoms with Crippen molar-refractivity contribution in [3.8, 4) is 0 Å². The zero-order valence-electron chi connectivity index (χ0n) is 13.2. The average molecular weight is 313 g/mol. The van der Waals surface area contributed by atoms with E-state index in [0.29, 0.717) is 25.2 Å². The monoisotopic (exact) mass is 313 g/mol. The first-order valence-corrected chi connectivity index (χ1v) is 7.61. The predicted molar refractivity (Wildman–Crippen MR) is 83.7 cm³/mol. The molecule has 6 nitrogen and oxygen atoms in total. The molecule has 0 spiro atoms. The minimum absolute atomic E-state index is 0.0600. The number of aromatic nitrogens is 1. The smallest absolute Gasteiger partial charge is 0.290 e. The highest BCUT2D eigenvalue weighted by Gasteiger charge is 2.33. The van der Waals surface area contributed by atoms with Crippen molar-refractivity contribution >= 4 is 11.8 Å². The number of hydrogen-bond acceptors (Lipinski definition) is 4. The van der Waals surface area contributed by atoms with Gasteiger partial charge in [-0.05, 0) is 25.8 Å². The Bertz CT molecular complexity index is 721. The lowest BCUT2D eigenvalue weighted by Crippen LogP contribution is -2.41. The molecule has 1 N–H and O–H groups in total. The molecule has 120 valence electrons. The maximum Gasteiger partial charge on any atom is 0.290 e. The van der Waals surface area contributed by atoms with Crippen molar-refractivity contribution in [2.75, 3.05) is 6.54 Å². The zero-order valence-corrected chi connectivity index (χ0v) is 13.2. The summed E-state index contributed by atoms with van der Waals surface area (Å²) >= 11 is 0. The number of carbonyl (C=O) groups excluding carboxylic acids is 2. The van der Waals surface area contributed by atoms with Gasteiger partial charge >= 0.3 is 0 Å². The number of hydrogen-bond donors (Lipinski definition) is 1. The summed E-state index contributed by atoms with van der Waals surface area (Å²) < 4.78 is 4.92. The third-order valence-electron chi connectivity index (χ3n) is 3.95. The molecule has 0 saturated carbocycles. The zero-order chi connectivity index (χ0) is 16.4. The van der Waals surface area contributed by atoms with Gasteiger partial charge in [0.25, 0.3) is 5.91 Å². The fraction of sp³-hybridized carbons (Fsp3) is 0.353. The van der Waals surface area contributed by atoms with E-state index in [0.717, 1.165) is 5.56 Å². The van der Waals surface area contributed by atoms with E-state index in [1.165, 1.54) is 5.56 Å². The van der Waals surface area contributed by atoms with Gasteiger partial charge in [0.1, 0.15) is 6.04 Å². The molecule has 0 bridgehead atoms. The largest absolute Gasteiger partial charge is 0.351 e. The minimum atomic E-state index is -0.502. The number of rotatable bonds is 4. The first-order valence-electron chi connectivity index (χ1n) is 7.61. The van der Waals surface area contributed by atoms with Crippen molar-refractivity contribution in [3.63, 3.8) is 0 Å². The lowest BCUT2D eigenvalue weighted by atomic mass is 10.1. The minimum Gasteiger partial charge on any atom is -0.351 e. The Morgan fingerprint density at radius 3 is 2.74 bits per heavy atom. The van der Waals surface area contributed by atoms with Crippen LogP contribution in [0.15, 0.2) is 34.9 Å². The fourth-order valence-corrected chi connectivity index (χ4v) is 2.64. The van der Waals surface area contributed by atoms with E-state index in [1.807, 2.05) is 31.2 Å². The van der Waals surface area contributed by atoms with Crippen LogP contribution in [0.2, 0.25) is 0 Å². The Hall–Kier alpha value is -2.63. The summed E-state index contributed by atoms with van der Waals surface area (Å²) in [5, 5.41) is 6.40. The molecule has 23 heavy (non-hydrogen) atoms. The van der Waals surface area contributed by atoms with Gasteiger partial charge in [0, 0.05) is 19.2 Å². The molecule has 0 radical (unpaired) electrons. The maximum atomic E-state index is 12.4. The Kier molecular flexibility index (Phi) is 4.14. The number of nitrogens with one attached hydrogen (secondary N) is 1. The number of carbonyl (C=O) groups is 2. The highest BCUT2D eigenvalue weighted by molar-refractivity contribution is 5.96. The quantitative estimate of drug-likeness (QED) is 0.934. The van der Waals surface area contributed by atoms with Crippen LogP contribution in [0.5, 0.6) is 0 Å². The number of likely N-dealkylation sites (tertiary alicyclic amines) is 1. The van der Waals surface area contributed by atoms with E-state index in [1.54, 1.807) is 17.9 Å². The first-order chi connectivity index (χ1) is 11.0. The van der Waals surface area contributed by atoms with Crippen molar-refractivity contribution in [2.24, 2.45) is 0 Å². The lowest BCUT2D eigenvalue weighted by Gasteiger charge is -2.17. The highest BCUT2D eigenvalue weighted by Crippen LogP contribution is 2.16. The summed E-state index contributed by atoms with van der Waals surface area (Å²) in [4.78, 5) is 26.2. The van der Waals surface area contributed by atoms with E-state index in [9.17, 15) is 9.59 Å². The first kappa shape index (κ1) is 15.3. The molecule has 1 aromatic heterocycles. The second-order valence-electron chi connectivity index (χ2n) is 5.89. The van der Waals surface area contributed by atoms with E-state index in [2.05, 4.69) is 10.5 Å². The van der Waals surface area contributed by atoms with Gasteiger partial charge in [0.05, 0.1) is 5.69 Å². The summed E-state index contributed by atoms with van der Waals surface area (Å²) in [5.74, 6) is -0.330. The van der Waals surface area contributed by atoms with Crippen LogP contribution >= 0.6 is 0 Å². The van der Waals surface area contributed by atoms with Gasteiger partial charge in [-0.2, -0.15) is 0 Å². The molecule has 3 rings (SSSR count). The summed E-state index contributed by atoms with van der Waals surface area (Å²) in [5.41, 5.74) is 2.91. The Balaban J connectivity index is 1.60. The van der Waals surface area contributed by atoms with Crippen LogP contribution in [0.4, 0.5) is 0 Å². The number of nitrogens with zero attached hydrogens (tertiary/aromatic N) is 2. The third-order valence-corrected chi connectivity index (χ3v) is 3.95. The van der Waals surface area contributed by atoms with Crippen LogP contribution in [0, 0.1) is 13.8 Å². The van der Waals surface area contributed by atoms with Crippen molar-refractivity contribution in [3.05, 3.63) is 52.9 Å². The van der Waals surface area contributed by atoms with Crippen LogP contribution in [0.25, 0.3) is 0 Å². The molecule has 1 saturated heterocycles. The number of amides is 2. The van der Waals surface area contributed by atoms with E-state index in [-0.39, 0.29) is 11.7 Å². The fourth-order valence-electron chi connectivity index (χ4n) is 2.64. The summed E-state index contributed by atoms with van der Waals surface area (Å²) in [7, 11) is 0. The Morgan fingerprint density at radius 2 is 2.09 bits per heavy atom. The predicted octanol–water partition coefficient (Wildman–Crippen LogP) is 1.82. The molecule has 6 heteroatoms. The molecule has 0 aliphatic carbocycles. The molecular formula is C17H19N3O3. The van der Waals surface area contributed by atoms with Crippen LogP contribution in [-0.4, -0.2) is 34.5 Å². The van der Waals surface area contributed by atoms with Gasteiger partial charge in [-0.15, -0.1) is 0 Å². The van der Waals surface area contributed by atoms with Crippen LogP contribution < -0.4 is 5.32 Å². The van der Waals surface area contributed by atoms with E-state index in [4.69, 9.17) is 4.52 Å². The van der Waals surface area contributed by atoms with E-state index < -0.39 is 11.9 Å². The van der Waals surface area contributed by atoms with Crippen molar-refractivity contribution < 1.29 is 14.1 Å². The Morgan fingerprint density at radius 1 is 1.35 bits per heavy atom. The normalized spacial score (nSPS) is 17.6. The molecule has 2 heterocycles. The molecule has 1 aromatic carbocycles. The molecule has 1 fully saturated rings. The van der Waals surface area contributed by atoms with Crippen LogP contribution in [0.3, 0.4) is 0 Å². The van der Waals surface area contributed by atoms with Crippen molar-refractivity contribution in [2.45, 2.75) is 32.9 Å². The van der Waals surface area contributed by atoms with Gasteiger partial charge in [-0.3, -0.25) is 9.59 Å². The molecule has 0 unspecified atom stereocenters. The SMILES string of the molecule is Cc1ccc(CN2CC[C@@H](NC(=O)c3cc(C)no3)C2=O)cc1. The average Bonchev–Trinajstić information content (AvgIpc) is 3.10. The topological polar surface area (TPSA) is 75.4 Å². The Labute approximate surface area is 134 Å². The van der Waals surface area contributed by atoms with Gasteiger partial charge in [0.15, 0.2) is 0 Å². The maximum absolute atomic E-state index is 12.4. The molecule has 2 aromatic rings. The summed E-state index contributed by atoms with van der Waals surface area (Å²) in [6, 6.07) is 9.15. The number of benzene rings is 1. The third kappa shape index (κ3) is 3.41. The molecule has 1 aliphatic rings. The standard InChI is InChI=1S/C17H19N3O3/c1-11-3-5-13(6-4-11)10-20-8-7-14(17(20)22)18-16(21)15-9-12(2)19-23-15/h3-6,9,14H,7-8,10H2,1-2H3,(H,18,21)/t14-/m1/s1.